The van der Waals surface area contributed by atoms with Gasteiger partial charge in [0, 0.05) is 5.41 Å². The molecule has 7 nitrogen and oxygen atoms in total. The van der Waals surface area contributed by atoms with Crippen molar-refractivity contribution in [3.8, 4) is 5.75 Å². The predicted octanol–water partition coefficient (Wildman–Crippen LogP) is 4.03. The first-order chi connectivity index (χ1) is 14.9. The first-order valence-electron chi connectivity index (χ1n) is 11.2. The number of aromatic hydroxyl groups is 1. The number of carbonyl (C=O) groups is 1. The van der Waals surface area contributed by atoms with Crippen molar-refractivity contribution in [2.75, 3.05) is 40.0 Å². The molecule has 2 fully saturated rings. The average molecular weight is 451 g/mol. The molecule has 2 aliphatic heterocycles. The van der Waals surface area contributed by atoms with Gasteiger partial charge >= 0.3 is 5.97 Å². The van der Waals surface area contributed by atoms with Gasteiger partial charge in [0.1, 0.15) is 19.3 Å². The number of carbonyl (C=O) groups excluding carboxylic acids is 1. The van der Waals surface area contributed by atoms with Crippen molar-refractivity contribution in [3.63, 3.8) is 0 Å². The first-order valence-corrected chi connectivity index (χ1v) is 11.2. The van der Waals surface area contributed by atoms with E-state index in [4.69, 9.17) is 23.7 Å². The van der Waals surface area contributed by atoms with E-state index in [1.54, 1.807) is 0 Å². The van der Waals surface area contributed by atoms with Crippen LogP contribution in [-0.4, -0.2) is 57.2 Å². The lowest BCUT2D eigenvalue weighted by Crippen LogP contribution is -2.60. The zero-order chi connectivity index (χ0) is 23.7. The summed E-state index contributed by atoms with van der Waals surface area (Å²) in [5, 5.41) is 10.5. The van der Waals surface area contributed by atoms with Crippen LogP contribution < -0.4 is 0 Å². The van der Waals surface area contributed by atoms with Crippen molar-refractivity contribution >= 4 is 5.97 Å². The van der Waals surface area contributed by atoms with E-state index >= 15 is 0 Å². The molecule has 1 N–H and O–H groups in total. The van der Waals surface area contributed by atoms with Crippen LogP contribution in [0.4, 0.5) is 0 Å². The van der Waals surface area contributed by atoms with Crippen molar-refractivity contribution in [3.05, 3.63) is 28.8 Å². The van der Waals surface area contributed by atoms with E-state index in [0.717, 1.165) is 16.7 Å². The van der Waals surface area contributed by atoms with E-state index < -0.39 is 16.7 Å². The fourth-order valence-electron chi connectivity index (χ4n) is 4.72. The lowest BCUT2D eigenvalue weighted by molar-refractivity contribution is -0.299. The number of ether oxygens (including phenoxy) is 5. The smallest absolute Gasteiger partial charge is 0.313 e. The molecule has 0 amide bonds. The van der Waals surface area contributed by atoms with Crippen molar-refractivity contribution < 1.29 is 33.6 Å². The third-order valence-electron chi connectivity index (χ3n) is 6.49. The molecule has 2 aliphatic rings. The van der Waals surface area contributed by atoms with E-state index in [1.807, 2.05) is 60.6 Å². The summed E-state index contributed by atoms with van der Waals surface area (Å²) < 4.78 is 28.5. The molecule has 1 spiro atoms. The van der Waals surface area contributed by atoms with Crippen molar-refractivity contribution in [1.82, 2.24) is 0 Å². The van der Waals surface area contributed by atoms with E-state index in [0.29, 0.717) is 19.8 Å². The van der Waals surface area contributed by atoms with Crippen LogP contribution in [0, 0.1) is 17.8 Å². The van der Waals surface area contributed by atoms with Crippen molar-refractivity contribution in [2.24, 2.45) is 10.8 Å². The van der Waals surface area contributed by atoms with Gasteiger partial charge in [-0.3, -0.25) is 4.79 Å². The zero-order valence-electron chi connectivity index (χ0n) is 20.4. The molecule has 2 unspecified atom stereocenters. The van der Waals surface area contributed by atoms with E-state index in [-0.39, 0.29) is 43.4 Å². The topological polar surface area (TPSA) is 83.5 Å². The maximum absolute atomic E-state index is 13.0. The Morgan fingerprint density at radius 3 is 2.31 bits per heavy atom. The van der Waals surface area contributed by atoms with Crippen LogP contribution >= 0.6 is 0 Å². The van der Waals surface area contributed by atoms with Crippen molar-refractivity contribution in [2.45, 2.75) is 65.9 Å². The van der Waals surface area contributed by atoms with Gasteiger partial charge in [-0.15, -0.1) is 0 Å². The Kier molecular flexibility index (Phi) is 7.25. The minimum Gasteiger partial charge on any atom is -0.507 e. The van der Waals surface area contributed by atoms with Crippen LogP contribution in [0.3, 0.4) is 0 Å². The Balaban J connectivity index is 1.72. The Bertz CT molecular complexity index is 810. The third kappa shape index (κ3) is 5.11. The van der Waals surface area contributed by atoms with Crippen LogP contribution in [0.5, 0.6) is 5.75 Å². The first kappa shape index (κ1) is 25.0. The van der Waals surface area contributed by atoms with Crippen LogP contribution in [0.15, 0.2) is 12.1 Å². The van der Waals surface area contributed by atoms with Gasteiger partial charge in [-0.05, 0) is 36.0 Å². The molecule has 0 aliphatic carbocycles. The van der Waals surface area contributed by atoms with E-state index in [2.05, 4.69) is 0 Å². The molecule has 0 saturated carbocycles. The number of phenols is 1. The second-order valence-electron chi connectivity index (χ2n) is 11.0. The molecule has 2 heterocycles. The molecule has 1 aromatic carbocycles. The fourth-order valence-corrected chi connectivity index (χ4v) is 4.72. The molecule has 1 aromatic rings. The molecular formula is C25H38O7. The van der Waals surface area contributed by atoms with Gasteiger partial charge in [-0.2, -0.15) is 0 Å². The highest BCUT2D eigenvalue weighted by atomic mass is 16.7. The van der Waals surface area contributed by atoms with Gasteiger partial charge in [-0.25, -0.2) is 0 Å². The molecular weight excluding hydrogens is 412 g/mol. The summed E-state index contributed by atoms with van der Waals surface area (Å²) in [5.41, 5.74) is 1.28. The molecule has 3 rings (SSSR count). The average Bonchev–Trinajstić information content (AvgIpc) is 2.73. The number of aryl methyl sites for hydroxylation is 1. The SMILES string of the molecule is Cc1cc(C(C)C(=O)OCC(C)(C)C2OCOCC23COCOC3)cc(C(C)(C)C)c1O. The fraction of sp³-hybridized carbons (Fsp3) is 0.720. The van der Waals surface area contributed by atoms with Gasteiger partial charge in [0.15, 0.2) is 0 Å². The van der Waals surface area contributed by atoms with Gasteiger partial charge in [0.25, 0.3) is 0 Å². The second-order valence-corrected chi connectivity index (χ2v) is 11.0. The molecule has 180 valence electrons. The van der Waals surface area contributed by atoms with E-state index in [9.17, 15) is 9.90 Å². The molecule has 32 heavy (non-hydrogen) atoms. The summed E-state index contributed by atoms with van der Waals surface area (Å²) >= 11 is 0. The summed E-state index contributed by atoms with van der Waals surface area (Å²) in [4.78, 5) is 13.0. The lowest BCUT2D eigenvalue weighted by atomic mass is 9.70. The number of hydrogen-bond donors (Lipinski definition) is 1. The maximum atomic E-state index is 13.0. The van der Waals surface area contributed by atoms with E-state index in [1.165, 1.54) is 0 Å². The highest BCUT2D eigenvalue weighted by Crippen LogP contribution is 2.42. The molecule has 7 heteroatoms. The summed E-state index contributed by atoms with van der Waals surface area (Å²) in [6.45, 7) is 16.0. The number of rotatable bonds is 5. The molecule has 2 saturated heterocycles. The number of hydrogen-bond acceptors (Lipinski definition) is 7. The highest BCUT2D eigenvalue weighted by Gasteiger charge is 2.52. The Hall–Kier alpha value is -1.67. The highest BCUT2D eigenvalue weighted by molar-refractivity contribution is 5.78. The minimum absolute atomic E-state index is 0.197. The van der Waals surface area contributed by atoms with Crippen LogP contribution in [0.1, 0.15) is 64.2 Å². The second kappa shape index (κ2) is 9.29. The summed E-state index contributed by atoms with van der Waals surface area (Å²) in [6.07, 6.45) is -0.240. The predicted molar refractivity (Wildman–Crippen MR) is 120 cm³/mol. The molecule has 0 bridgehead atoms. The number of phenolic OH excluding ortho intramolecular Hbond substituents is 1. The van der Waals surface area contributed by atoms with Crippen LogP contribution in [0.2, 0.25) is 0 Å². The van der Waals surface area contributed by atoms with Gasteiger partial charge in [-0.1, -0.05) is 46.8 Å². The third-order valence-corrected chi connectivity index (χ3v) is 6.49. The van der Waals surface area contributed by atoms with Crippen molar-refractivity contribution in [1.29, 1.82) is 0 Å². The molecule has 2 atom stereocenters. The summed E-state index contributed by atoms with van der Waals surface area (Å²) in [5.74, 6) is -0.487. The largest absolute Gasteiger partial charge is 0.507 e. The monoisotopic (exact) mass is 450 g/mol. The quantitative estimate of drug-likeness (QED) is 0.678. The summed E-state index contributed by atoms with van der Waals surface area (Å²) in [6, 6.07) is 3.77. The van der Waals surface area contributed by atoms with Crippen LogP contribution in [-0.2, 0) is 33.9 Å². The molecule has 0 aromatic heterocycles. The summed E-state index contributed by atoms with van der Waals surface area (Å²) in [7, 11) is 0. The molecule has 0 radical (unpaired) electrons. The van der Waals surface area contributed by atoms with Gasteiger partial charge in [0.05, 0.1) is 43.9 Å². The number of esters is 1. The maximum Gasteiger partial charge on any atom is 0.313 e. The number of benzene rings is 1. The lowest BCUT2D eigenvalue weighted by Gasteiger charge is -2.50. The van der Waals surface area contributed by atoms with Crippen LogP contribution in [0.25, 0.3) is 0 Å². The Labute approximate surface area is 191 Å². The van der Waals surface area contributed by atoms with Gasteiger partial charge in [0.2, 0.25) is 0 Å². The Morgan fingerprint density at radius 1 is 1.12 bits per heavy atom. The van der Waals surface area contributed by atoms with Gasteiger partial charge < -0.3 is 28.8 Å². The zero-order valence-corrected chi connectivity index (χ0v) is 20.4. The minimum atomic E-state index is -0.468. The Morgan fingerprint density at radius 2 is 1.72 bits per heavy atom. The standard InChI is InChI=1S/C25H38O7/c1-16-8-18(9-19(20(16)26)23(3,4)5)17(2)21(27)31-10-24(6,7)22-25(13-30-15-32-22)11-28-14-29-12-25/h8-9,17,22,26H,10-15H2,1-7H3. The normalized spacial score (nSPS) is 22.5.